The molecule has 0 spiro atoms. The van der Waals surface area contributed by atoms with E-state index in [4.69, 9.17) is 14.9 Å². The Morgan fingerprint density at radius 2 is 1.91 bits per heavy atom. The molecule has 1 aliphatic carbocycles. The van der Waals surface area contributed by atoms with Gasteiger partial charge in [0.1, 0.15) is 11.9 Å². The largest absolute Gasteiger partial charge is 0.457 e. The number of carbonyl (C=O) groups excluding carboxylic acids is 2. The lowest BCUT2D eigenvalue weighted by Crippen LogP contribution is -2.27. The fraction of sp³-hybridized carbons (Fsp3) is 0.556. The van der Waals surface area contributed by atoms with Gasteiger partial charge in [-0.3, -0.25) is 9.59 Å². The molecule has 0 aromatic heterocycles. The van der Waals surface area contributed by atoms with Crippen LogP contribution in [0.5, 0.6) is 0 Å². The van der Waals surface area contributed by atoms with E-state index in [1.807, 2.05) is 24.3 Å². The molecule has 1 saturated carbocycles. The van der Waals surface area contributed by atoms with Crippen molar-refractivity contribution in [2.75, 3.05) is 13.2 Å². The topological polar surface area (TPSA) is 83.8 Å². The van der Waals surface area contributed by atoms with Crippen LogP contribution in [0, 0.1) is 5.92 Å². The average Bonchev–Trinajstić information content (AvgIpc) is 2.97. The van der Waals surface area contributed by atoms with Gasteiger partial charge in [-0.05, 0) is 37.3 Å². The number of aliphatic hydroxyl groups is 2. The first kappa shape index (κ1) is 17.6. The number of aliphatic hydroxyl groups excluding tert-OH is 2. The van der Waals surface area contributed by atoms with Crippen LogP contribution in [0.3, 0.4) is 0 Å². The minimum absolute atomic E-state index is 0.137. The number of carbonyl (C=O) groups is 2. The number of rotatable bonds is 7. The standard InChI is InChI=1S/C18H24O5/c1-12(18(22)23-16(10-19)11-20)14-7-5-13(6-8-14)9-15-3-2-4-17(15)21/h5-8,12,15-16,19-20H,2-4,9-11H2,1H3/t12-,15+/m0/s1. The van der Waals surface area contributed by atoms with E-state index in [1.54, 1.807) is 6.92 Å². The van der Waals surface area contributed by atoms with E-state index in [2.05, 4.69) is 0 Å². The van der Waals surface area contributed by atoms with Crippen molar-refractivity contribution in [3.05, 3.63) is 35.4 Å². The number of esters is 1. The average molecular weight is 320 g/mol. The highest BCUT2D eigenvalue weighted by molar-refractivity contribution is 5.83. The molecule has 0 heterocycles. The molecular weight excluding hydrogens is 296 g/mol. The highest BCUT2D eigenvalue weighted by atomic mass is 16.6. The molecule has 0 bridgehead atoms. The minimum Gasteiger partial charge on any atom is -0.457 e. The Kier molecular flexibility index (Phi) is 6.30. The fourth-order valence-electron chi connectivity index (χ4n) is 2.87. The monoisotopic (exact) mass is 320 g/mol. The molecule has 2 atom stereocenters. The third-order valence-electron chi connectivity index (χ3n) is 4.44. The van der Waals surface area contributed by atoms with E-state index in [1.165, 1.54) is 0 Å². The normalized spacial score (nSPS) is 19.1. The Bertz CT molecular complexity index is 533. The SMILES string of the molecule is C[C@H](C(=O)OC(CO)CO)c1ccc(C[C@H]2CCCC2=O)cc1. The quantitative estimate of drug-likeness (QED) is 0.746. The molecule has 2 rings (SSSR count). The number of ketones is 1. The molecular formula is C18H24O5. The van der Waals surface area contributed by atoms with Crippen LogP contribution in [0.1, 0.15) is 43.2 Å². The van der Waals surface area contributed by atoms with Gasteiger partial charge in [0.25, 0.3) is 0 Å². The van der Waals surface area contributed by atoms with Crippen LogP contribution in [0.15, 0.2) is 24.3 Å². The van der Waals surface area contributed by atoms with Crippen molar-refractivity contribution in [3.63, 3.8) is 0 Å². The number of benzene rings is 1. The maximum absolute atomic E-state index is 12.0. The summed E-state index contributed by atoms with van der Waals surface area (Å²) >= 11 is 0. The van der Waals surface area contributed by atoms with E-state index in [9.17, 15) is 9.59 Å². The van der Waals surface area contributed by atoms with E-state index in [0.29, 0.717) is 12.2 Å². The zero-order valence-corrected chi connectivity index (χ0v) is 13.4. The number of ether oxygens (including phenoxy) is 1. The molecule has 0 unspecified atom stereocenters. The van der Waals surface area contributed by atoms with Crippen LogP contribution in [0.25, 0.3) is 0 Å². The van der Waals surface area contributed by atoms with Crippen molar-refractivity contribution in [2.45, 2.75) is 44.6 Å². The van der Waals surface area contributed by atoms with Gasteiger partial charge in [-0.1, -0.05) is 24.3 Å². The molecule has 0 aliphatic heterocycles. The van der Waals surface area contributed by atoms with Crippen LogP contribution >= 0.6 is 0 Å². The lowest BCUT2D eigenvalue weighted by molar-refractivity contribution is -0.154. The predicted octanol–water partition coefficient (Wildman–Crippen LogP) is 1.60. The van der Waals surface area contributed by atoms with Crippen molar-refractivity contribution < 1.29 is 24.5 Å². The van der Waals surface area contributed by atoms with Gasteiger partial charge in [0.2, 0.25) is 0 Å². The Labute approximate surface area is 136 Å². The zero-order valence-electron chi connectivity index (χ0n) is 13.4. The number of hydrogen-bond donors (Lipinski definition) is 2. The van der Waals surface area contributed by atoms with Crippen LogP contribution in [0.2, 0.25) is 0 Å². The second-order valence-electron chi connectivity index (χ2n) is 6.15. The smallest absolute Gasteiger partial charge is 0.313 e. The summed E-state index contributed by atoms with van der Waals surface area (Å²) in [6.45, 7) is 0.927. The first-order valence-corrected chi connectivity index (χ1v) is 8.09. The van der Waals surface area contributed by atoms with Gasteiger partial charge < -0.3 is 14.9 Å². The predicted molar refractivity (Wildman–Crippen MR) is 85.0 cm³/mol. The van der Waals surface area contributed by atoms with Gasteiger partial charge in [0, 0.05) is 12.3 Å². The Morgan fingerprint density at radius 3 is 2.43 bits per heavy atom. The maximum Gasteiger partial charge on any atom is 0.313 e. The number of Topliss-reactive ketones (excluding diaryl/α,β-unsaturated/α-hetero) is 1. The van der Waals surface area contributed by atoms with Crippen LogP contribution in [-0.2, 0) is 20.7 Å². The lowest BCUT2D eigenvalue weighted by Gasteiger charge is -2.17. The molecule has 1 aliphatic rings. The van der Waals surface area contributed by atoms with Gasteiger partial charge in [-0.15, -0.1) is 0 Å². The van der Waals surface area contributed by atoms with Crippen LogP contribution in [0.4, 0.5) is 0 Å². The molecule has 23 heavy (non-hydrogen) atoms. The first-order chi connectivity index (χ1) is 11.0. The Balaban J connectivity index is 1.95. The molecule has 0 saturated heterocycles. The van der Waals surface area contributed by atoms with Gasteiger partial charge >= 0.3 is 5.97 Å². The number of hydrogen-bond acceptors (Lipinski definition) is 5. The van der Waals surface area contributed by atoms with Crippen molar-refractivity contribution in [1.82, 2.24) is 0 Å². The van der Waals surface area contributed by atoms with Gasteiger partial charge in [-0.2, -0.15) is 0 Å². The fourth-order valence-corrected chi connectivity index (χ4v) is 2.87. The summed E-state index contributed by atoms with van der Waals surface area (Å²) in [6, 6.07) is 7.63. The van der Waals surface area contributed by atoms with Crippen molar-refractivity contribution >= 4 is 11.8 Å². The summed E-state index contributed by atoms with van der Waals surface area (Å²) in [6.07, 6.45) is 2.53. The van der Waals surface area contributed by atoms with E-state index < -0.39 is 31.2 Å². The zero-order chi connectivity index (χ0) is 16.8. The molecule has 126 valence electrons. The van der Waals surface area contributed by atoms with E-state index >= 15 is 0 Å². The minimum atomic E-state index is -0.877. The highest BCUT2D eigenvalue weighted by Gasteiger charge is 2.25. The molecule has 1 aromatic rings. The molecule has 0 radical (unpaired) electrons. The Hall–Kier alpha value is -1.72. The van der Waals surface area contributed by atoms with Crippen molar-refractivity contribution in [1.29, 1.82) is 0 Å². The van der Waals surface area contributed by atoms with Gasteiger partial charge in [-0.25, -0.2) is 0 Å². The van der Waals surface area contributed by atoms with Crippen molar-refractivity contribution in [3.8, 4) is 0 Å². The summed E-state index contributed by atoms with van der Waals surface area (Å²) < 4.78 is 5.03. The second kappa shape index (κ2) is 8.22. The van der Waals surface area contributed by atoms with E-state index in [0.717, 1.165) is 30.4 Å². The summed E-state index contributed by atoms with van der Waals surface area (Å²) in [4.78, 5) is 23.7. The van der Waals surface area contributed by atoms with Crippen LogP contribution < -0.4 is 0 Å². The first-order valence-electron chi connectivity index (χ1n) is 8.09. The summed E-state index contributed by atoms with van der Waals surface area (Å²) in [5.41, 5.74) is 1.91. The third kappa shape index (κ3) is 4.62. The molecule has 2 N–H and O–H groups in total. The maximum atomic E-state index is 12.0. The molecule has 5 nitrogen and oxygen atoms in total. The summed E-state index contributed by atoms with van der Waals surface area (Å²) in [5.74, 6) is -0.460. The molecule has 0 amide bonds. The van der Waals surface area contributed by atoms with E-state index in [-0.39, 0.29) is 5.92 Å². The highest BCUT2D eigenvalue weighted by Crippen LogP contribution is 2.26. The molecule has 5 heteroatoms. The van der Waals surface area contributed by atoms with Gasteiger partial charge in [0.05, 0.1) is 19.1 Å². The Morgan fingerprint density at radius 1 is 1.26 bits per heavy atom. The van der Waals surface area contributed by atoms with Crippen molar-refractivity contribution in [2.24, 2.45) is 5.92 Å². The van der Waals surface area contributed by atoms with Gasteiger partial charge in [0.15, 0.2) is 0 Å². The molecule has 1 fully saturated rings. The lowest BCUT2D eigenvalue weighted by atomic mass is 9.94. The summed E-state index contributed by atoms with van der Waals surface area (Å²) in [5, 5.41) is 17.9. The van der Waals surface area contributed by atoms with Crippen LogP contribution in [-0.4, -0.2) is 41.3 Å². The molecule has 1 aromatic carbocycles. The third-order valence-corrected chi connectivity index (χ3v) is 4.44. The second-order valence-corrected chi connectivity index (χ2v) is 6.15. The summed E-state index contributed by atoms with van der Waals surface area (Å²) in [7, 11) is 0.